The van der Waals surface area contributed by atoms with Crippen molar-refractivity contribution in [3.63, 3.8) is 0 Å². The topological polar surface area (TPSA) is 100 Å². The average Bonchev–Trinajstić information content (AvgIpc) is 3.13. The molecule has 0 unspecified atom stereocenters. The van der Waals surface area contributed by atoms with E-state index in [0.717, 1.165) is 4.68 Å². The molecular weight excluding hydrogens is 417 g/mol. The maximum atomic E-state index is 13.1. The number of urea groups is 1. The number of fused-ring (bicyclic) bond motifs is 4. The predicted molar refractivity (Wildman–Crippen MR) is 105 cm³/mol. The second-order valence-corrected chi connectivity index (χ2v) is 7.44. The van der Waals surface area contributed by atoms with Crippen molar-refractivity contribution in [1.82, 2.24) is 14.8 Å². The molecule has 2 aromatic heterocycles. The molecular formula is C19H19F3N6O3. The molecule has 1 saturated heterocycles. The minimum absolute atomic E-state index is 0.0295. The Morgan fingerprint density at radius 1 is 1.26 bits per heavy atom. The largest absolute Gasteiger partial charge is 0.389 e. The van der Waals surface area contributed by atoms with Crippen LogP contribution in [0, 0.1) is 0 Å². The van der Waals surface area contributed by atoms with E-state index in [9.17, 15) is 27.6 Å². The van der Waals surface area contributed by atoms with Crippen molar-refractivity contribution >= 4 is 29.0 Å². The second-order valence-electron chi connectivity index (χ2n) is 7.44. The summed E-state index contributed by atoms with van der Waals surface area (Å²) < 4.78 is 38.5. The van der Waals surface area contributed by atoms with Crippen LogP contribution in [0.4, 0.5) is 35.2 Å². The molecule has 2 aliphatic rings. The number of nitrogens with one attached hydrogen (secondary N) is 1. The van der Waals surface area contributed by atoms with Gasteiger partial charge in [-0.1, -0.05) is 0 Å². The Kier molecular flexibility index (Phi) is 5.15. The lowest BCUT2D eigenvalue weighted by atomic mass is 10.1. The Hall–Kier alpha value is -3.44. The Balaban J connectivity index is 1.64. The highest BCUT2D eigenvalue weighted by molar-refractivity contribution is 6.05. The van der Waals surface area contributed by atoms with E-state index in [-0.39, 0.29) is 23.2 Å². The number of carbonyl (C=O) groups is 2. The highest BCUT2D eigenvalue weighted by atomic mass is 19.4. The molecule has 12 heteroatoms. The summed E-state index contributed by atoms with van der Waals surface area (Å²) in [5.74, 6) is -0.564. The SMILES string of the molecule is Cn1nccc(NC(=O)N2c3nc(C(=O)CCC(F)(F)F)ccc3N3CC[C@H]2C3)c1=O. The first-order chi connectivity index (χ1) is 14.6. The first-order valence-corrected chi connectivity index (χ1v) is 9.62. The summed E-state index contributed by atoms with van der Waals surface area (Å²) in [4.78, 5) is 45.2. The maximum absolute atomic E-state index is 13.1. The van der Waals surface area contributed by atoms with Crippen molar-refractivity contribution in [3.05, 3.63) is 40.4 Å². The first-order valence-electron chi connectivity index (χ1n) is 9.62. The number of aryl methyl sites for hydroxylation is 1. The fourth-order valence-corrected chi connectivity index (χ4v) is 3.79. The third-order valence-electron chi connectivity index (χ3n) is 5.34. The third-order valence-corrected chi connectivity index (χ3v) is 5.34. The number of amides is 2. The summed E-state index contributed by atoms with van der Waals surface area (Å²) in [6.45, 7) is 1.22. The normalized spacial score (nSPS) is 17.5. The molecule has 4 heterocycles. The van der Waals surface area contributed by atoms with Gasteiger partial charge in [0, 0.05) is 32.8 Å². The van der Waals surface area contributed by atoms with Crippen LogP contribution in [0.5, 0.6) is 0 Å². The lowest BCUT2D eigenvalue weighted by Crippen LogP contribution is -2.49. The number of rotatable bonds is 4. The van der Waals surface area contributed by atoms with Crippen molar-refractivity contribution in [1.29, 1.82) is 0 Å². The number of Topliss-reactive ketones (excluding diaryl/α,β-unsaturated/α-hetero) is 1. The molecule has 0 radical (unpaired) electrons. The van der Waals surface area contributed by atoms with Gasteiger partial charge in [0.05, 0.1) is 18.2 Å². The van der Waals surface area contributed by atoms with E-state index in [1.54, 1.807) is 6.07 Å². The quantitative estimate of drug-likeness (QED) is 0.739. The monoisotopic (exact) mass is 436 g/mol. The molecule has 0 aromatic carbocycles. The molecule has 0 saturated carbocycles. The van der Waals surface area contributed by atoms with Crippen LogP contribution >= 0.6 is 0 Å². The van der Waals surface area contributed by atoms with Gasteiger partial charge in [0.1, 0.15) is 11.4 Å². The summed E-state index contributed by atoms with van der Waals surface area (Å²) in [5.41, 5.74) is 0.00841. The Labute approximate surface area is 174 Å². The van der Waals surface area contributed by atoms with Crippen LogP contribution in [-0.2, 0) is 7.05 Å². The van der Waals surface area contributed by atoms with E-state index in [4.69, 9.17) is 0 Å². The number of anilines is 3. The van der Waals surface area contributed by atoms with E-state index in [1.165, 1.54) is 30.3 Å². The maximum Gasteiger partial charge on any atom is 0.389 e. The molecule has 2 bridgehead atoms. The number of pyridine rings is 1. The Bertz CT molecular complexity index is 1100. The van der Waals surface area contributed by atoms with Crippen LogP contribution in [-0.4, -0.2) is 51.9 Å². The molecule has 164 valence electrons. The van der Waals surface area contributed by atoms with Gasteiger partial charge in [0.25, 0.3) is 5.56 Å². The number of halogens is 3. The minimum Gasteiger partial charge on any atom is -0.366 e. The minimum atomic E-state index is -4.45. The van der Waals surface area contributed by atoms with E-state index in [1.807, 2.05) is 4.90 Å². The zero-order valence-corrected chi connectivity index (χ0v) is 16.5. The Morgan fingerprint density at radius 3 is 2.77 bits per heavy atom. The van der Waals surface area contributed by atoms with Crippen molar-refractivity contribution in [2.45, 2.75) is 31.5 Å². The molecule has 1 atom stereocenters. The molecule has 1 N–H and O–H groups in total. The standard InChI is InChI=1S/C19H19F3N6O3/c1-26-17(30)13(5-8-23-26)25-18(31)28-11-6-9-27(10-11)14-3-2-12(24-16(14)28)15(29)4-7-19(20,21)22/h2-3,5,8,11H,4,6-7,9-10H2,1H3,(H,25,31)/t11-/m0/s1. The van der Waals surface area contributed by atoms with Crippen molar-refractivity contribution in [2.24, 2.45) is 7.05 Å². The zero-order chi connectivity index (χ0) is 22.3. The van der Waals surface area contributed by atoms with Crippen LogP contribution in [0.2, 0.25) is 0 Å². The summed E-state index contributed by atoms with van der Waals surface area (Å²) in [6, 6.07) is 3.49. The summed E-state index contributed by atoms with van der Waals surface area (Å²) in [5, 5.41) is 6.36. The van der Waals surface area contributed by atoms with Crippen LogP contribution in [0.1, 0.15) is 29.8 Å². The van der Waals surface area contributed by atoms with Crippen LogP contribution < -0.4 is 20.7 Å². The van der Waals surface area contributed by atoms with Crippen molar-refractivity contribution in [2.75, 3.05) is 28.2 Å². The van der Waals surface area contributed by atoms with Gasteiger partial charge < -0.3 is 10.2 Å². The lowest BCUT2D eigenvalue weighted by molar-refractivity contribution is -0.133. The molecule has 1 fully saturated rings. The van der Waals surface area contributed by atoms with E-state index >= 15 is 0 Å². The van der Waals surface area contributed by atoms with Gasteiger partial charge in [-0.25, -0.2) is 14.5 Å². The number of hydrogen-bond donors (Lipinski definition) is 1. The van der Waals surface area contributed by atoms with Gasteiger partial charge in [-0.3, -0.25) is 14.5 Å². The zero-order valence-electron chi connectivity index (χ0n) is 16.5. The highest BCUT2D eigenvalue weighted by Crippen LogP contribution is 2.39. The van der Waals surface area contributed by atoms with Gasteiger partial charge in [-0.2, -0.15) is 18.3 Å². The number of nitrogens with zero attached hydrogens (tertiary/aromatic N) is 5. The molecule has 0 spiro atoms. The van der Waals surface area contributed by atoms with Crippen LogP contribution in [0.25, 0.3) is 0 Å². The molecule has 2 amide bonds. The van der Waals surface area contributed by atoms with Gasteiger partial charge in [0.15, 0.2) is 11.6 Å². The number of alkyl halides is 3. The number of ketones is 1. The van der Waals surface area contributed by atoms with Gasteiger partial charge in [0.2, 0.25) is 0 Å². The third kappa shape index (κ3) is 4.09. The van der Waals surface area contributed by atoms with Crippen LogP contribution in [0.15, 0.2) is 29.2 Å². The van der Waals surface area contributed by atoms with Crippen molar-refractivity contribution in [3.8, 4) is 0 Å². The summed E-state index contributed by atoms with van der Waals surface area (Å²) in [6.07, 6.45) is -4.39. The smallest absolute Gasteiger partial charge is 0.366 e. The molecule has 2 aliphatic heterocycles. The van der Waals surface area contributed by atoms with Crippen molar-refractivity contribution < 1.29 is 22.8 Å². The van der Waals surface area contributed by atoms with E-state index < -0.39 is 36.4 Å². The Morgan fingerprint density at radius 2 is 2.03 bits per heavy atom. The molecule has 2 aromatic rings. The van der Waals surface area contributed by atoms with E-state index in [0.29, 0.717) is 25.2 Å². The predicted octanol–water partition coefficient (Wildman–Crippen LogP) is 2.33. The molecule has 4 rings (SSSR count). The molecule has 31 heavy (non-hydrogen) atoms. The van der Waals surface area contributed by atoms with Crippen LogP contribution in [0.3, 0.4) is 0 Å². The fourth-order valence-electron chi connectivity index (χ4n) is 3.79. The highest BCUT2D eigenvalue weighted by Gasteiger charge is 2.41. The number of carbonyl (C=O) groups excluding carboxylic acids is 2. The molecule has 9 nitrogen and oxygen atoms in total. The second kappa shape index (κ2) is 7.67. The number of aromatic nitrogens is 3. The van der Waals surface area contributed by atoms with Gasteiger partial charge in [-0.15, -0.1) is 0 Å². The van der Waals surface area contributed by atoms with Gasteiger partial charge in [-0.05, 0) is 24.6 Å². The summed E-state index contributed by atoms with van der Waals surface area (Å²) in [7, 11) is 1.45. The number of hydrogen-bond acceptors (Lipinski definition) is 6. The average molecular weight is 436 g/mol. The van der Waals surface area contributed by atoms with Gasteiger partial charge >= 0.3 is 12.2 Å². The lowest BCUT2D eigenvalue weighted by Gasteiger charge is -2.35. The fraction of sp³-hybridized carbons (Fsp3) is 0.421. The summed E-state index contributed by atoms with van der Waals surface area (Å²) >= 11 is 0. The van der Waals surface area contributed by atoms with E-state index in [2.05, 4.69) is 15.4 Å². The molecule has 0 aliphatic carbocycles. The first kappa shape index (κ1) is 20.8.